The van der Waals surface area contributed by atoms with Crippen LogP contribution in [-0.4, -0.2) is 67.4 Å². The molecule has 4 heteroatoms. The summed E-state index contributed by atoms with van der Waals surface area (Å²) < 4.78 is 0. The normalized spacial score (nSPS) is 27.2. The van der Waals surface area contributed by atoms with E-state index < -0.39 is 0 Å². The quantitative estimate of drug-likeness (QED) is 0.636. The molecule has 4 nitrogen and oxygen atoms in total. The predicted octanol–water partition coefficient (Wildman–Crippen LogP) is 0.226. The van der Waals surface area contributed by atoms with E-state index in [4.69, 9.17) is 0 Å². The number of piperazine rings is 1. The summed E-state index contributed by atoms with van der Waals surface area (Å²) in [6.07, 6.45) is 2.10. The smallest absolute Gasteiger partial charge is 0.269 e. The van der Waals surface area contributed by atoms with Crippen LogP contribution in [0.2, 0.25) is 0 Å². The van der Waals surface area contributed by atoms with E-state index >= 15 is 0 Å². The molecule has 0 bridgehead atoms. The molecule has 2 rings (SSSR count). The first-order chi connectivity index (χ1) is 7.58. The molecule has 0 aliphatic carbocycles. The Morgan fingerprint density at radius 1 is 1.25 bits per heavy atom. The van der Waals surface area contributed by atoms with Gasteiger partial charge >= 0.3 is 0 Å². The Balaban J connectivity index is 2.00. The van der Waals surface area contributed by atoms with E-state index in [0.717, 1.165) is 38.4 Å². The summed E-state index contributed by atoms with van der Waals surface area (Å²) in [4.78, 5) is 18.6. The number of hydrogen-bond donors (Lipinski definition) is 0. The summed E-state index contributed by atoms with van der Waals surface area (Å²) in [5, 5.41) is 0. The number of amides is 1. The van der Waals surface area contributed by atoms with Crippen molar-refractivity contribution in [3.8, 4) is 0 Å². The Hall–Kier alpha value is -1.03. The Morgan fingerprint density at radius 3 is 2.38 bits per heavy atom. The molecule has 2 heterocycles. The monoisotopic (exact) mass is 223 g/mol. The molecule has 0 aromatic carbocycles. The molecular formula is C12H21N3O. The highest BCUT2D eigenvalue weighted by atomic mass is 16.2. The minimum absolute atomic E-state index is 0.208. The second kappa shape index (κ2) is 4.45. The molecule has 0 saturated carbocycles. The number of nitrogens with zero attached hydrogens (tertiary/aromatic N) is 3. The van der Waals surface area contributed by atoms with Gasteiger partial charge in [0.15, 0.2) is 0 Å². The summed E-state index contributed by atoms with van der Waals surface area (Å²) in [5.74, 6) is 0.705. The van der Waals surface area contributed by atoms with Crippen molar-refractivity contribution >= 4 is 5.91 Å². The third-order valence-corrected chi connectivity index (χ3v) is 3.43. The first kappa shape index (κ1) is 11.5. The van der Waals surface area contributed by atoms with Crippen molar-refractivity contribution in [2.75, 3.05) is 46.8 Å². The molecular weight excluding hydrogens is 202 g/mol. The maximum Gasteiger partial charge on any atom is 0.269 e. The average Bonchev–Trinajstić information content (AvgIpc) is 2.58. The standard InChI is InChI=1S/C12H21N3O/c1-10-8-11(14(3)9-10)12(16)15-6-4-13(2)5-7-15/h8,10H,4-7,9H2,1-3H3. The van der Waals surface area contributed by atoms with Crippen LogP contribution in [-0.2, 0) is 4.79 Å². The Labute approximate surface area is 97.5 Å². The molecule has 2 aliphatic rings. The molecule has 0 spiro atoms. The number of rotatable bonds is 1. The third-order valence-electron chi connectivity index (χ3n) is 3.43. The SMILES string of the molecule is CC1C=C(C(=O)N2CCN(C)CC2)N(C)C1. The number of likely N-dealkylation sites (N-methyl/N-ethyl adjacent to an activating group) is 2. The van der Waals surface area contributed by atoms with Gasteiger partial charge in [-0.2, -0.15) is 0 Å². The molecule has 0 N–H and O–H groups in total. The van der Waals surface area contributed by atoms with Crippen molar-refractivity contribution < 1.29 is 4.79 Å². The van der Waals surface area contributed by atoms with E-state index in [-0.39, 0.29) is 5.91 Å². The van der Waals surface area contributed by atoms with Gasteiger partial charge in [0.1, 0.15) is 0 Å². The van der Waals surface area contributed by atoms with Crippen LogP contribution >= 0.6 is 0 Å². The fourth-order valence-electron chi connectivity index (χ4n) is 2.39. The molecule has 0 radical (unpaired) electrons. The van der Waals surface area contributed by atoms with E-state index in [1.54, 1.807) is 0 Å². The summed E-state index contributed by atoms with van der Waals surface area (Å²) in [6, 6.07) is 0. The molecule has 1 saturated heterocycles. The van der Waals surface area contributed by atoms with Gasteiger partial charge in [-0.15, -0.1) is 0 Å². The van der Waals surface area contributed by atoms with Gasteiger partial charge in [0, 0.05) is 39.8 Å². The largest absolute Gasteiger partial charge is 0.370 e. The maximum absolute atomic E-state index is 12.3. The van der Waals surface area contributed by atoms with Gasteiger partial charge in [-0.1, -0.05) is 13.0 Å². The summed E-state index contributed by atoms with van der Waals surface area (Å²) in [5.41, 5.74) is 0.886. The lowest BCUT2D eigenvalue weighted by molar-refractivity contribution is -0.130. The minimum Gasteiger partial charge on any atom is -0.370 e. The molecule has 1 atom stereocenters. The Kier molecular flexibility index (Phi) is 3.19. The highest BCUT2D eigenvalue weighted by Gasteiger charge is 2.28. The van der Waals surface area contributed by atoms with Gasteiger partial charge in [-0.05, 0) is 13.0 Å². The van der Waals surface area contributed by atoms with Gasteiger partial charge < -0.3 is 14.7 Å². The molecule has 0 aromatic rings. The van der Waals surface area contributed by atoms with Crippen molar-refractivity contribution in [1.29, 1.82) is 0 Å². The molecule has 2 aliphatic heterocycles. The molecule has 0 aromatic heterocycles. The van der Waals surface area contributed by atoms with Crippen LogP contribution in [0.25, 0.3) is 0 Å². The Bertz CT molecular complexity index is 305. The molecule has 1 fully saturated rings. The highest BCUT2D eigenvalue weighted by molar-refractivity contribution is 5.93. The maximum atomic E-state index is 12.3. The van der Waals surface area contributed by atoms with Crippen LogP contribution in [0.5, 0.6) is 0 Å². The van der Waals surface area contributed by atoms with Crippen molar-refractivity contribution in [3.05, 3.63) is 11.8 Å². The molecule has 1 unspecified atom stereocenters. The summed E-state index contributed by atoms with van der Waals surface area (Å²) >= 11 is 0. The van der Waals surface area contributed by atoms with E-state index in [1.807, 2.05) is 11.9 Å². The lowest BCUT2D eigenvalue weighted by atomic mass is 10.2. The van der Waals surface area contributed by atoms with Gasteiger partial charge in [0.2, 0.25) is 0 Å². The molecule has 16 heavy (non-hydrogen) atoms. The number of hydrogen-bond acceptors (Lipinski definition) is 3. The fourth-order valence-corrected chi connectivity index (χ4v) is 2.39. The fraction of sp³-hybridized carbons (Fsp3) is 0.750. The number of carbonyl (C=O) groups excluding carboxylic acids is 1. The second-order valence-corrected chi connectivity index (χ2v) is 5.01. The zero-order chi connectivity index (χ0) is 11.7. The molecule has 90 valence electrons. The topological polar surface area (TPSA) is 26.8 Å². The van der Waals surface area contributed by atoms with Crippen LogP contribution in [0.4, 0.5) is 0 Å². The zero-order valence-corrected chi connectivity index (χ0v) is 10.4. The van der Waals surface area contributed by atoms with Crippen molar-refractivity contribution in [2.24, 2.45) is 5.92 Å². The van der Waals surface area contributed by atoms with Gasteiger partial charge in [-0.25, -0.2) is 0 Å². The van der Waals surface area contributed by atoms with E-state index in [1.165, 1.54) is 0 Å². The summed E-state index contributed by atoms with van der Waals surface area (Å²) in [6.45, 7) is 6.80. The minimum atomic E-state index is 0.208. The van der Waals surface area contributed by atoms with Crippen molar-refractivity contribution in [2.45, 2.75) is 6.92 Å². The van der Waals surface area contributed by atoms with E-state index in [0.29, 0.717) is 5.92 Å². The average molecular weight is 223 g/mol. The van der Waals surface area contributed by atoms with Crippen LogP contribution in [0.15, 0.2) is 11.8 Å². The zero-order valence-electron chi connectivity index (χ0n) is 10.4. The predicted molar refractivity (Wildman–Crippen MR) is 64.0 cm³/mol. The first-order valence-corrected chi connectivity index (χ1v) is 5.98. The van der Waals surface area contributed by atoms with Crippen LogP contribution in [0, 0.1) is 5.92 Å². The van der Waals surface area contributed by atoms with Crippen LogP contribution in [0.3, 0.4) is 0 Å². The van der Waals surface area contributed by atoms with Crippen molar-refractivity contribution in [3.63, 3.8) is 0 Å². The molecule has 1 amide bonds. The van der Waals surface area contributed by atoms with Crippen LogP contribution in [0.1, 0.15) is 6.92 Å². The van der Waals surface area contributed by atoms with E-state index in [9.17, 15) is 4.79 Å². The van der Waals surface area contributed by atoms with Gasteiger partial charge in [0.05, 0.1) is 5.70 Å². The second-order valence-electron chi connectivity index (χ2n) is 5.01. The number of carbonyl (C=O) groups is 1. The van der Waals surface area contributed by atoms with Gasteiger partial charge in [0.25, 0.3) is 5.91 Å². The lowest BCUT2D eigenvalue weighted by Crippen LogP contribution is -2.48. The van der Waals surface area contributed by atoms with Crippen LogP contribution < -0.4 is 0 Å². The van der Waals surface area contributed by atoms with Crippen molar-refractivity contribution in [1.82, 2.24) is 14.7 Å². The van der Waals surface area contributed by atoms with E-state index in [2.05, 4.69) is 29.8 Å². The Morgan fingerprint density at radius 2 is 1.88 bits per heavy atom. The summed E-state index contributed by atoms with van der Waals surface area (Å²) in [7, 11) is 4.11. The highest BCUT2D eigenvalue weighted by Crippen LogP contribution is 2.20. The third kappa shape index (κ3) is 2.21. The van der Waals surface area contributed by atoms with Gasteiger partial charge in [-0.3, -0.25) is 4.79 Å². The first-order valence-electron chi connectivity index (χ1n) is 5.98. The lowest BCUT2D eigenvalue weighted by Gasteiger charge is -2.33.